The molecule has 1 aromatic heterocycles. The zero-order valence-corrected chi connectivity index (χ0v) is 9.17. The van der Waals surface area contributed by atoms with Gasteiger partial charge in [-0.1, -0.05) is 0 Å². The standard InChI is InChI=1S/C12H11NO4/c1-7(14)10-5-13(6-12(16)17)11-4-8(15)2-3-9(10)11/h2-5,15H,6H2,1H3,(H,16,17). The lowest BCUT2D eigenvalue weighted by atomic mass is 10.1. The molecule has 1 aromatic carbocycles. The van der Waals surface area contributed by atoms with Gasteiger partial charge in [-0.3, -0.25) is 9.59 Å². The number of nitrogens with zero attached hydrogens (tertiary/aromatic N) is 1. The smallest absolute Gasteiger partial charge is 0.323 e. The fourth-order valence-electron chi connectivity index (χ4n) is 1.84. The van der Waals surface area contributed by atoms with E-state index in [1.165, 1.54) is 29.8 Å². The fraction of sp³-hybridized carbons (Fsp3) is 0.167. The van der Waals surface area contributed by atoms with Gasteiger partial charge in [0.05, 0.1) is 5.52 Å². The summed E-state index contributed by atoms with van der Waals surface area (Å²) < 4.78 is 1.44. The van der Waals surface area contributed by atoms with Crippen LogP contribution < -0.4 is 0 Å². The van der Waals surface area contributed by atoms with Crippen LogP contribution in [0.25, 0.3) is 10.9 Å². The Morgan fingerprint density at radius 3 is 2.65 bits per heavy atom. The van der Waals surface area contributed by atoms with Crippen LogP contribution in [0, 0.1) is 0 Å². The third-order valence-electron chi connectivity index (χ3n) is 2.55. The van der Waals surface area contributed by atoms with Crippen molar-refractivity contribution in [1.29, 1.82) is 0 Å². The van der Waals surface area contributed by atoms with E-state index in [2.05, 4.69) is 0 Å². The van der Waals surface area contributed by atoms with Crippen molar-refractivity contribution < 1.29 is 19.8 Å². The molecule has 0 saturated carbocycles. The number of benzene rings is 1. The van der Waals surface area contributed by atoms with E-state index in [1.807, 2.05) is 0 Å². The van der Waals surface area contributed by atoms with Crippen molar-refractivity contribution in [2.75, 3.05) is 0 Å². The van der Waals surface area contributed by atoms with E-state index in [0.29, 0.717) is 16.5 Å². The third kappa shape index (κ3) is 1.99. The summed E-state index contributed by atoms with van der Waals surface area (Å²) in [5, 5.41) is 18.8. The van der Waals surface area contributed by atoms with Crippen LogP contribution in [0.5, 0.6) is 5.75 Å². The number of phenols is 1. The number of carboxylic acid groups (broad SMARTS) is 1. The quantitative estimate of drug-likeness (QED) is 0.790. The zero-order valence-electron chi connectivity index (χ0n) is 9.17. The lowest BCUT2D eigenvalue weighted by Crippen LogP contribution is -2.07. The number of rotatable bonds is 3. The second-order valence-corrected chi connectivity index (χ2v) is 3.82. The minimum atomic E-state index is -1.000. The van der Waals surface area contributed by atoms with Crippen molar-refractivity contribution in [1.82, 2.24) is 4.57 Å². The van der Waals surface area contributed by atoms with Gasteiger partial charge in [-0.25, -0.2) is 0 Å². The SMILES string of the molecule is CC(=O)c1cn(CC(=O)O)c2cc(O)ccc12. The number of aliphatic carboxylic acids is 1. The predicted octanol–water partition coefficient (Wildman–Crippen LogP) is 1.63. The molecule has 5 nitrogen and oxygen atoms in total. The molecule has 0 aliphatic heterocycles. The van der Waals surface area contributed by atoms with Crippen LogP contribution in [-0.4, -0.2) is 26.5 Å². The number of carbonyl (C=O) groups is 2. The summed E-state index contributed by atoms with van der Waals surface area (Å²) in [6.07, 6.45) is 1.50. The summed E-state index contributed by atoms with van der Waals surface area (Å²) in [6, 6.07) is 4.53. The topological polar surface area (TPSA) is 79.5 Å². The molecule has 2 rings (SSSR count). The molecule has 0 bridgehead atoms. The number of hydrogen-bond acceptors (Lipinski definition) is 3. The normalized spacial score (nSPS) is 10.6. The van der Waals surface area contributed by atoms with Gasteiger partial charge in [0, 0.05) is 23.2 Å². The first-order chi connectivity index (χ1) is 7.99. The molecule has 2 N–H and O–H groups in total. The van der Waals surface area contributed by atoms with Gasteiger partial charge in [-0.2, -0.15) is 0 Å². The van der Waals surface area contributed by atoms with Gasteiger partial charge in [-0.15, -0.1) is 0 Å². The molecule has 2 aromatic rings. The van der Waals surface area contributed by atoms with Gasteiger partial charge < -0.3 is 14.8 Å². The van der Waals surface area contributed by atoms with Crippen LogP contribution in [0.2, 0.25) is 0 Å². The summed E-state index contributed by atoms with van der Waals surface area (Å²) in [4.78, 5) is 22.1. The molecule has 88 valence electrons. The fourth-order valence-corrected chi connectivity index (χ4v) is 1.84. The number of carbonyl (C=O) groups excluding carboxylic acids is 1. The first-order valence-electron chi connectivity index (χ1n) is 5.03. The Labute approximate surface area is 96.9 Å². The largest absolute Gasteiger partial charge is 0.508 e. The number of phenolic OH excluding ortho intramolecular Hbond substituents is 1. The second-order valence-electron chi connectivity index (χ2n) is 3.82. The van der Waals surface area contributed by atoms with E-state index in [9.17, 15) is 14.7 Å². The van der Waals surface area contributed by atoms with Crippen molar-refractivity contribution in [3.8, 4) is 5.75 Å². The Kier molecular flexibility index (Phi) is 2.59. The van der Waals surface area contributed by atoms with E-state index in [0.717, 1.165) is 0 Å². The van der Waals surface area contributed by atoms with Gasteiger partial charge in [-0.05, 0) is 19.1 Å². The van der Waals surface area contributed by atoms with E-state index in [-0.39, 0.29) is 18.1 Å². The number of hydrogen-bond donors (Lipinski definition) is 2. The lowest BCUT2D eigenvalue weighted by Gasteiger charge is -2.00. The molecule has 1 heterocycles. The number of Topliss-reactive ketones (excluding diaryl/α,β-unsaturated/α-hetero) is 1. The highest BCUT2D eigenvalue weighted by Crippen LogP contribution is 2.25. The highest BCUT2D eigenvalue weighted by molar-refractivity contribution is 6.07. The van der Waals surface area contributed by atoms with E-state index < -0.39 is 5.97 Å². The maximum atomic E-state index is 11.4. The average molecular weight is 233 g/mol. The van der Waals surface area contributed by atoms with Crippen LogP contribution in [0.1, 0.15) is 17.3 Å². The molecule has 0 radical (unpaired) electrons. The van der Waals surface area contributed by atoms with Crippen molar-refractivity contribution >= 4 is 22.7 Å². The summed E-state index contributed by atoms with van der Waals surface area (Å²) in [7, 11) is 0. The Balaban J connectivity index is 2.70. The van der Waals surface area contributed by atoms with Gasteiger partial charge in [0.15, 0.2) is 5.78 Å². The number of carboxylic acids is 1. The number of aromatic nitrogens is 1. The van der Waals surface area contributed by atoms with Crippen molar-refractivity contribution in [2.24, 2.45) is 0 Å². The molecule has 0 aliphatic rings. The molecule has 0 fully saturated rings. The maximum absolute atomic E-state index is 11.4. The van der Waals surface area contributed by atoms with Crippen LogP contribution >= 0.6 is 0 Å². The molecule has 0 spiro atoms. The lowest BCUT2D eigenvalue weighted by molar-refractivity contribution is -0.137. The Morgan fingerprint density at radius 1 is 1.35 bits per heavy atom. The summed E-state index contributed by atoms with van der Waals surface area (Å²) in [6.45, 7) is 1.18. The second kappa shape index (κ2) is 3.93. The van der Waals surface area contributed by atoms with Crippen LogP contribution in [-0.2, 0) is 11.3 Å². The van der Waals surface area contributed by atoms with Crippen molar-refractivity contribution in [3.05, 3.63) is 30.0 Å². The van der Waals surface area contributed by atoms with Gasteiger partial charge in [0.1, 0.15) is 12.3 Å². The maximum Gasteiger partial charge on any atom is 0.323 e. The van der Waals surface area contributed by atoms with Crippen LogP contribution in [0.3, 0.4) is 0 Å². The summed E-state index contributed by atoms with van der Waals surface area (Å²) >= 11 is 0. The average Bonchev–Trinajstić information content (AvgIpc) is 2.56. The van der Waals surface area contributed by atoms with Gasteiger partial charge in [0.2, 0.25) is 0 Å². The molecule has 0 amide bonds. The third-order valence-corrected chi connectivity index (χ3v) is 2.55. The first-order valence-corrected chi connectivity index (χ1v) is 5.03. The predicted molar refractivity (Wildman–Crippen MR) is 61.2 cm³/mol. The van der Waals surface area contributed by atoms with Crippen LogP contribution in [0.15, 0.2) is 24.4 Å². The molecular formula is C12H11NO4. The highest BCUT2D eigenvalue weighted by Gasteiger charge is 2.13. The molecule has 0 unspecified atom stereocenters. The first kappa shape index (κ1) is 11.2. The molecule has 0 aliphatic carbocycles. The monoisotopic (exact) mass is 233 g/mol. The van der Waals surface area contributed by atoms with Crippen molar-refractivity contribution in [3.63, 3.8) is 0 Å². The van der Waals surface area contributed by atoms with Crippen LogP contribution in [0.4, 0.5) is 0 Å². The van der Waals surface area contributed by atoms with Gasteiger partial charge >= 0.3 is 5.97 Å². The Bertz CT molecular complexity index is 612. The molecule has 5 heteroatoms. The van der Waals surface area contributed by atoms with E-state index in [1.54, 1.807) is 6.07 Å². The summed E-state index contributed by atoms with van der Waals surface area (Å²) in [5.41, 5.74) is 0.999. The Morgan fingerprint density at radius 2 is 2.06 bits per heavy atom. The number of aromatic hydroxyl groups is 1. The molecule has 0 atom stereocenters. The van der Waals surface area contributed by atoms with E-state index in [4.69, 9.17) is 5.11 Å². The molecular weight excluding hydrogens is 222 g/mol. The Hall–Kier alpha value is -2.30. The van der Waals surface area contributed by atoms with Gasteiger partial charge in [0.25, 0.3) is 0 Å². The number of ketones is 1. The summed E-state index contributed by atoms with van der Waals surface area (Å²) in [5.74, 6) is -1.09. The highest BCUT2D eigenvalue weighted by atomic mass is 16.4. The van der Waals surface area contributed by atoms with E-state index >= 15 is 0 Å². The number of fused-ring (bicyclic) bond motifs is 1. The molecule has 17 heavy (non-hydrogen) atoms. The molecule has 0 saturated heterocycles. The minimum Gasteiger partial charge on any atom is -0.508 e. The van der Waals surface area contributed by atoms with Crippen molar-refractivity contribution in [2.45, 2.75) is 13.5 Å². The zero-order chi connectivity index (χ0) is 12.6. The minimum absolute atomic E-state index is 0.0392.